The topological polar surface area (TPSA) is 59.8 Å². The molecule has 0 radical (unpaired) electrons. The number of ether oxygens (including phenoxy) is 1. The molecule has 0 bridgehead atoms. The highest BCUT2D eigenvalue weighted by atomic mass is 79.9. The van der Waals surface area contributed by atoms with Gasteiger partial charge in [0.1, 0.15) is 5.58 Å². The van der Waals surface area contributed by atoms with Crippen molar-refractivity contribution in [3.8, 4) is 0 Å². The van der Waals surface area contributed by atoms with Gasteiger partial charge < -0.3 is 14.1 Å². The van der Waals surface area contributed by atoms with Crippen molar-refractivity contribution < 1.29 is 18.7 Å². The van der Waals surface area contributed by atoms with Gasteiger partial charge >= 0.3 is 5.97 Å². The Morgan fingerprint density at radius 3 is 2.67 bits per heavy atom. The molecule has 6 heteroatoms. The fourth-order valence-electron chi connectivity index (χ4n) is 4.04. The molecule has 30 heavy (non-hydrogen) atoms. The maximum absolute atomic E-state index is 12.6. The molecule has 0 unspecified atom stereocenters. The number of hydrogen-bond acceptors (Lipinski definition) is 5. The molecule has 3 aromatic rings. The zero-order valence-electron chi connectivity index (χ0n) is 17.3. The molecule has 0 saturated heterocycles. The number of furan rings is 1. The van der Waals surface area contributed by atoms with Gasteiger partial charge in [0, 0.05) is 45.3 Å². The van der Waals surface area contributed by atoms with Gasteiger partial charge in [-0.1, -0.05) is 48.0 Å². The van der Waals surface area contributed by atoms with Gasteiger partial charge in [-0.2, -0.15) is 0 Å². The lowest BCUT2D eigenvalue weighted by atomic mass is 9.83. The first-order valence-electron chi connectivity index (χ1n) is 9.64. The molecule has 154 valence electrons. The van der Waals surface area contributed by atoms with Crippen LogP contribution in [0.2, 0.25) is 0 Å². The van der Waals surface area contributed by atoms with E-state index in [4.69, 9.17) is 9.15 Å². The van der Waals surface area contributed by atoms with E-state index >= 15 is 0 Å². The Bertz CT molecular complexity index is 1210. The Kier molecular flexibility index (Phi) is 5.06. The van der Waals surface area contributed by atoms with Gasteiger partial charge in [-0.3, -0.25) is 4.79 Å². The molecule has 0 fully saturated rings. The number of fused-ring (bicyclic) bond motifs is 2. The minimum Gasteiger partial charge on any atom is -0.451 e. The van der Waals surface area contributed by atoms with E-state index in [1.807, 2.05) is 42.3 Å². The lowest BCUT2D eigenvalue weighted by Crippen LogP contribution is -2.25. The third-order valence-electron chi connectivity index (χ3n) is 5.67. The number of halogens is 1. The minimum absolute atomic E-state index is 0.120. The van der Waals surface area contributed by atoms with Crippen molar-refractivity contribution in [2.45, 2.75) is 26.2 Å². The van der Waals surface area contributed by atoms with Crippen molar-refractivity contribution in [3.63, 3.8) is 0 Å². The second kappa shape index (κ2) is 7.43. The van der Waals surface area contributed by atoms with Crippen LogP contribution in [-0.2, 0) is 14.9 Å². The molecule has 0 atom stereocenters. The normalized spacial score (nSPS) is 16.2. The fourth-order valence-corrected chi connectivity index (χ4v) is 4.40. The second-order valence-corrected chi connectivity index (χ2v) is 8.89. The molecule has 0 saturated carbocycles. The van der Waals surface area contributed by atoms with E-state index in [0.29, 0.717) is 11.1 Å². The molecular formula is C24H22BrNO4. The van der Waals surface area contributed by atoms with Gasteiger partial charge in [0.05, 0.1) is 0 Å². The van der Waals surface area contributed by atoms with Gasteiger partial charge in [0.2, 0.25) is 5.76 Å². The largest absolute Gasteiger partial charge is 0.451 e. The zero-order valence-corrected chi connectivity index (χ0v) is 18.9. The number of para-hydroxylation sites is 1. The summed E-state index contributed by atoms with van der Waals surface area (Å²) in [5, 5.41) is 0.830. The number of carbonyl (C=O) groups excluding carboxylic acids is 2. The Labute approximate surface area is 183 Å². The van der Waals surface area contributed by atoms with Crippen LogP contribution >= 0.6 is 15.9 Å². The van der Waals surface area contributed by atoms with Crippen LogP contribution < -0.4 is 4.90 Å². The number of aryl methyl sites for hydroxylation is 1. The number of ketones is 1. The van der Waals surface area contributed by atoms with E-state index in [9.17, 15) is 9.59 Å². The Hall–Kier alpha value is -2.86. The molecule has 0 amide bonds. The van der Waals surface area contributed by atoms with Gasteiger partial charge in [0.25, 0.3) is 0 Å². The maximum atomic E-state index is 12.6. The summed E-state index contributed by atoms with van der Waals surface area (Å²) in [4.78, 5) is 27.1. The van der Waals surface area contributed by atoms with Crippen molar-refractivity contribution >= 4 is 44.3 Å². The standard InChI is InChI=1S/C24H22BrNO4/c1-14-17-11-15(25)9-10-20(17)30-22(14)23(28)29-13-16(27)12-21-24(2,3)18-7-5-6-8-19(18)26(21)4/h5-12H,13H2,1-4H3/b21-12-. The first kappa shape index (κ1) is 20.4. The Balaban J connectivity index is 1.50. The first-order valence-corrected chi connectivity index (χ1v) is 10.4. The van der Waals surface area contributed by atoms with Crippen LogP contribution in [0, 0.1) is 6.92 Å². The highest BCUT2D eigenvalue weighted by Gasteiger charge is 2.38. The van der Waals surface area contributed by atoms with Crippen LogP contribution in [0.4, 0.5) is 5.69 Å². The zero-order chi connectivity index (χ0) is 21.6. The second-order valence-electron chi connectivity index (χ2n) is 7.97. The van der Waals surface area contributed by atoms with Crippen molar-refractivity contribution in [1.29, 1.82) is 0 Å². The van der Waals surface area contributed by atoms with Crippen LogP contribution in [0.3, 0.4) is 0 Å². The number of benzene rings is 2. The monoisotopic (exact) mass is 467 g/mol. The average Bonchev–Trinajstić information content (AvgIpc) is 3.14. The fraction of sp³-hybridized carbons (Fsp3) is 0.250. The third kappa shape index (κ3) is 3.35. The molecule has 5 nitrogen and oxygen atoms in total. The van der Waals surface area contributed by atoms with E-state index < -0.39 is 5.97 Å². The number of carbonyl (C=O) groups is 2. The van der Waals surface area contributed by atoms with Crippen molar-refractivity contribution in [2.75, 3.05) is 18.6 Å². The molecule has 0 aliphatic carbocycles. The molecule has 2 aromatic carbocycles. The molecule has 0 N–H and O–H groups in total. The van der Waals surface area contributed by atoms with Gasteiger partial charge in [-0.05, 0) is 36.8 Å². The van der Waals surface area contributed by atoms with Crippen LogP contribution in [-0.4, -0.2) is 25.4 Å². The van der Waals surface area contributed by atoms with Crippen molar-refractivity contribution in [1.82, 2.24) is 0 Å². The van der Waals surface area contributed by atoms with Gasteiger partial charge in [0.15, 0.2) is 12.4 Å². The van der Waals surface area contributed by atoms with Gasteiger partial charge in [-0.15, -0.1) is 0 Å². The van der Waals surface area contributed by atoms with Crippen LogP contribution in [0.1, 0.15) is 35.5 Å². The first-order chi connectivity index (χ1) is 14.2. The number of rotatable bonds is 4. The number of esters is 1. The highest BCUT2D eigenvalue weighted by molar-refractivity contribution is 9.10. The molecule has 0 spiro atoms. The smallest absolute Gasteiger partial charge is 0.375 e. The van der Waals surface area contributed by atoms with Crippen LogP contribution in [0.15, 0.2) is 63.1 Å². The van der Waals surface area contributed by atoms with E-state index in [2.05, 4.69) is 35.8 Å². The lowest BCUT2D eigenvalue weighted by Gasteiger charge is -2.23. The summed E-state index contributed by atoms with van der Waals surface area (Å²) in [5.74, 6) is -0.800. The number of anilines is 1. The predicted octanol–water partition coefficient (Wildman–Crippen LogP) is 5.54. The number of nitrogens with zero attached hydrogens (tertiary/aromatic N) is 1. The summed E-state index contributed by atoms with van der Waals surface area (Å²) in [6, 6.07) is 13.6. The minimum atomic E-state index is -0.645. The van der Waals surface area contributed by atoms with Crippen LogP contribution in [0.5, 0.6) is 0 Å². The van der Waals surface area contributed by atoms with Crippen molar-refractivity contribution in [2.24, 2.45) is 0 Å². The molecule has 4 rings (SSSR count). The molecule has 2 heterocycles. The molecular weight excluding hydrogens is 446 g/mol. The SMILES string of the molecule is Cc1c(C(=O)OCC(=O)/C=C2\N(C)c3ccccc3C2(C)C)oc2ccc(Br)cc12. The highest BCUT2D eigenvalue weighted by Crippen LogP contribution is 2.46. The molecule has 1 aliphatic heterocycles. The summed E-state index contributed by atoms with van der Waals surface area (Å²) < 4.78 is 11.8. The average molecular weight is 468 g/mol. The summed E-state index contributed by atoms with van der Waals surface area (Å²) in [6.07, 6.45) is 1.57. The van der Waals surface area contributed by atoms with E-state index in [1.165, 1.54) is 0 Å². The summed E-state index contributed by atoms with van der Waals surface area (Å²) in [5.41, 5.74) is 4.08. The van der Waals surface area contributed by atoms with Crippen molar-refractivity contribution in [3.05, 3.63) is 75.6 Å². The van der Waals surface area contributed by atoms with Crippen LogP contribution in [0.25, 0.3) is 11.0 Å². The van der Waals surface area contributed by atoms with E-state index in [-0.39, 0.29) is 23.6 Å². The van der Waals surface area contributed by atoms with E-state index in [1.54, 1.807) is 19.1 Å². The summed E-state index contributed by atoms with van der Waals surface area (Å²) in [6.45, 7) is 5.61. The summed E-state index contributed by atoms with van der Waals surface area (Å²) in [7, 11) is 1.94. The van der Waals surface area contributed by atoms with Gasteiger partial charge in [-0.25, -0.2) is 4.79 Å². The number of allylic oxidation sites excluding steroid dienone is 1. The maximum Gasteiger partial charge on any atom is 0.375 e. The summed E-state index contributed by atoms with van der Waals surface area (Å²) >= 11 is 3.42. The number of likely N-dealkylation sites (N-methyl/N-ethyl adjacent to an activating group) is 1. The quantitative estimate of drug-likeness (QED) is 0.372. The Morgan fingerprint density at radius 1 is 1.20 bits per heavy atom. The third-order valence-corrected chi connectivity index (χ3v) is 6.16. The Morgan fingerprint density at radius 2 is 1.93 bits per heavy atom. The predicted molar refractivity (Wildman–Crippen MR) is 120 cm³/mol. The van der Waals surface area contributed by atoms with E-state index in [0.717, 1.165) is 26.8 Å². The molecule has 1 aliphatic rings. The number of hydrogen-bond donors (Lipinski definition) is 0. The molecule has 1 aromatic heterocycles. The lowest BCUT2D eigenvalue weighted by molar-refractivity contribution is -0.117.